The van der Waals surface area contributed by atoms with Gasteiger partial charge in [-0.25, -0.2) is 19.9 Å². The molecule has 0 aliphatic rings. The zero-order chi connectivity index (χ0) is 31.7. The Morgan fingerprint density at radius 3 is 1.82 bits per heavy atom. The van der Waals surface area contributed by atoms with Gasteiger partial charge in [0.05, 0.1) is 20.8 Å². The Morgan fingerprint density at radius 2 is 1.24 bits per heavy atom. The van der Waals surface area contributed by atoms with Crippen molar-refractivity contribution in [2.75, 3.05) is 5.32 Å². The van der Waals surface area contributed by atoms with Crippen molar-refractivity contribution in [1.82, 2.24) is 29.9 Å². The summed E-state index contributed by atoms with van der Waals surface area (Å²) in [7, 11) is 0. The van der Waals surface area contributed by atoms with Gasteiger partial charge in [-0.2, -0.15) is 0 Å². The molecule has 0 saturated heterocycles. The number of halogens is 3. The van der Waals surface area contributed by atoms with E-state index in [2.05, 4.69) is 46.0 Å². The maximum absolute atomic E-state index is 6.27. The van der Waals surface area contributed by atoms with Crippen LogP contribution in [0.5, 0.6) is 0 Å². The molecule has 1 aromatic carbocycles. The first-order valence-corrected chi connectivity index (χ1v) is 16.7. The zero-order valence-electron chi connectivity index (χ0n) is 24.7. The van der Waals surface area contributed by atoms with E-state index in [1.54, 1.807) is 53.5 Å². The van der Waals surface area contributed by atoms with E-state index < -0.39 is 0 Å². The van der Waals surface area contributed by atoms with Crippen molar-refractivity contribution in [3.05, 3.63) is 109 Å². The smallest absolute Gasteiger partial charge is 0.164 e. The molecule has 12 heteroatoms. The van der Waals surface area contributed by atoms with Crippen LogP contribution in [0.1, 0.15) is 26.4 Å². The minimum absolute atomic E-state index is 0.515. The van der Waals surface area contributed by atoms with Gasteiger partial charge in [-0.05, 0) is 80.8 Å². The number of hydrogen-bond donors (Lipinski definition) is 1. The van der Waals surface area contributed by atoms with Gasteiger partial charge in [-0.1, -0.05) is 40.9 Å². The Balaban J connectivity index is 0.000000172. The van der Waals surface area contributed by atoms with Gasteiger partial charge in [0.1, 0.15) is 20.6 Å². The Bertz CT molecular complexity index is 2150. The highest BCUT2D eigenvalue weighted by molar-refractivity contribution is 7.19. The molecule has 0 radical (unpaired) electrons. The number of aryl methyl sites for hydroxylation is 4. The van der Waals surface area contributed by atoms with Gasteiger partial charge in [0.25, 0.3) is 0 Å². The average Bonchev–Trinajstić information content (AvgIpc) is 3.51. The lowest BCUT2D eigenvalue weighted by molar-refractivity contribution is 1.10. The Hall–Kier alpha value is -3.73. The first-order chi connectivity index (χ1) is 21.7. The molecule has 0 unspecified atom stereocenters. The molecule has 0 fully saturated rings. The van der Waals surface area contributed by atoms with Crippen LogP contribution in [0.15, 0.2) is 67.3 Å². The van der Waals surface area contributed by atoms with Crippen LogP contribution in [-0.2, 0) is 6.54 Å². The van der Waals surface area contributed by atoms with Crippen LogP contribution < -0.4 is 5.32 Å². The van der Waals surface area contributed by atoms with Crippen molar-refractivity contribution >= 4 is 83.7 Å². The molecule has 0 bridgehead atoms. The van der Waals surface area contributed by atoms with Crippen LogP contribution in [0.3, 0.4) is 0 Å². The van der Waals surface area contributed by atoms with Crippen molar-refractivity contribution in [1.29, 1.82) is 0 Å². The number of nitrogens with one attached hydrogen (secondary N) is 1. The van der Waals surface area contributed by atoms with Crippen molar-refractivity contribution in [2.24, 2.45) is 0 Å². The summed E-state index contributed by atoms with van der Waals surface area (Å²) in [6, 6.07) is 13.3. The zero-order valence-corrected chi connectivity index (χ0v) is 28.6. The van der Waals surface area contributed by atoms with Crippen LogP contribution in [0, 0.1) is 27.7 Å². The van der Waals surface area contributed by atoms with E-state index in [0.29, 0.717) is 33.4 Å². The fourth-order valence-corrected chi connectivity index (χ4v) is 7.41. The number of hydrogen-bond acceptors (Lipinski definition) is 9. The third kappa shape index (κ3) is 6.64. The minimum Gasteiger partial charge on any atom is -0.365 e. The van der Waals surface area contributed by atoms with Crippen LogP contribution in [0.4, 0.5) is 5.82 Å². The summed E-state index contributed by atoms with van der Waals surface area (Å²) in [5, 5.41) is 7.08. The van der Waals surface area contributed by atoms with Gasteiger partial charge in [-0.3, -0.25) is 9.97 Å². The lowest BCUT2D eigenvalue weighted by Gasteiger charge is -2.10. The van der Waals surface area contributed by atoms with E-state index in [1.807, 2.05) is 43.3 Å². The van der Waals surface area contributed by atoms with E-state index in [9.17, 15) is 0 Å². The molecule has 0 aliphatic heterocycles. The van der Waals surface area contributed by atoms with Gasteiger partial charge in [-0.15, -0.1) is 22.7 Å². The maximum Gasteiger partial charge on any atom is 0.164 e. The molecule has 0 atom stereocenters. The molecule has 6 heterocycles. The third-order valence-corrected chi connectivity index (χ3v) is 10.5. The Kier molecular flexibility index (Phi) is 9.26. The fraction of sp³-hybridized carbons (Fsp3) is 0.152. The average molecular weight is 691 g/mol. The minimum atomic E-state index is 0.515. The van der Waals surface area contributed by atoms with E-state index in [4.69, 9.17) is 44.8 Å². The third-order valence-electron chi connectivity index (χ3n) is 7.30. The standard InChI is InChI=1S/C20H16Cl2N4S.C13H10ClN3S/c1-11-12(2)27-20-17(11)19(24-9-13-5-6-15(21)16(22)8-13)25-18(26-20)14-4-3-7-23-10-14;1-7-8(2)18-13-10(7)11(14)16-12(17-13)9-4-3-5-15-6-9/h3-8,10H,9H2,1-2H3,(H,24,25,26);3-6H,1-2H3. The molecule has 45 heavy (non-hydrogen) atoms. The van der Waals surface area contributed by atoms with E-state index in [0.717, 1.165) is 48.5 Å². The maximum atomic E-state index is 6.27. The molecule has 0 saturated carbocycles. The molecule has 0 spiro atoms. The molecule has 226 valence electrons. The molecule has 7 rings (SSSR count). The van der Waals surface area contributed by atoms with Gasteiger partial charge < -0.3 is 5.32 Å². The molecule has 7 nitrogen and oxygen atoms in total. The van der Waals surface area contributed by atoms with Gasteiger partial charge >= 0.3 is 0 Å². The number of pyridine rings is 2. The highest BCUT2D eigenvalue weighted by atomic mass is 35.5. The van der Waals surface area contributed by atoms with Crippen molar-refractivity contribution in [3.63, 3.8) is 0 Å². The summed E-state index contributed by atoms with van der Waals surface area (Å²) >= 11 is 21.7. The Labute approximate surface area is 283 Å². The van der Waals surface area contributed by atoms with Crippen molar-refractivity contribution in [3.8, 4) is 22.8 Å². The van der Waals surface area contributed by atoms with Gasteiger partial charge in [0.2, 0.25) is 0 Å². The number of anilines is 1. The summed E-state index contributed by atoms with van der Waals surface area (Å²) in [6.45, 7) is 8.92. The molecule has 0 amide bonds. The van der Waals surface area contributed by atoms with Crippen LogP contribution in [0.2, 0.25) is 15.2 Å². The highest BCUT2D eigenvalue weighted by Crippen LogP contribution is 2.36. The molecular weight excluding hydrogens is 665 g/mol. The fourth-order valence-electron chi connectivity index (χ4n) is 4.66. The van der Waals surface area contributed by atoms with Crippen LogP contribution in [0.25, 0.3) is 43.2 Å². The van der Waals surface area contributed by atoms with E-state index >= 15 is 0 Å². The lowest BCUT2D eigenvalue weighted by atomic mass is 10.2. The summed E-state index contributed by atoms with van der Waals surface area (Å²) in [4.78, 5) is 31.1. The normalized spacial score (nSPS) is 11.1. The highest BCUT2D eigenvalue weighted by Gasteiger charge is 2.16. The predicted molar refractivity (Wildman–Crippen MR) is 189 cm³/mol. The number of benzene rings is 1. The number of thiophene rings is 2. The van der Waals surface area contributed by atoms with Crippen LogP contribution >= 0.6 is 57.5 Å². The van der Waals surface area contributed by atoms with Gasteiger partial charge in [0, 0.05) is 52.2 Å². The lowest BCUT2D eigenvalue weighted by Crippen LogP contribution is -2.04. The second-order valence-corrected chi connectivity index (χ2v) is 13.8. The van der Waals surface area contributed by atoms with E-state index in [-0.39, 0.29) is 0 Å². The second kappa shape index (κ2) is 13.3. The van der Waals surface area contributed by atoms with Crippen molar-refractivity contribution in [2.45, 2.75) is 34.2 Å². The second-order valence-electron chi connectivity index (χ2n) is 10.2. The first kappa shape index (κ1) is 31.3. The summed E-state index contributed by atoms with van der Waals surface area (Å²) in [5.74, 6) is 2.10. The Morgan fingerprint density at radius 1 is 0.667 bits per heavy atom. The quantitative estimate of drug-likeness (QED) is 0.180. The molecule has 1 N–H and O–H groups in total. The first-order valence-electron chi connectivity index (χ1n) is 13.9. The molecule has 6 aromatic heterocycles. The SMILES string of the molecule is Cc1sc2nc(-c3cccnc3)nc(Cl)c2c1C.Cc1sc2nc(-c3cccnc3)nc(NCc3ccc(Cl)c(Cl)c3)c2c1C. The number of rotatable bonds is 5. The summed E-state index contributed by atoms with van der Waals surface area (Å²) < 4.78 is 0. The van der Waals surface area contributed by atoms with Gasteiger partial charge in [0.15, 0.2) is 11.6 Å². The van der Waals surface area contributed by atoms with E-state index in [1.165, 1.54) is 15.3 Å². The largest absolute Gasteiger partial charge is 0.365 e. The summed E-state index contributed by atoms with van der Waals surface area (Å²) in [5.41, 5.74) is 5.16. The number of aromatic nitrogens is 6. The number of nitrogens with zero attached hydrogens (tertiary/aromatic N) is 6. The number of fused-ring (bicyclic) bond motifs is 2. The van der Waals surface area contributed by atoms with Crippen LogP contribution in [-0.4, -0.2) is 29.9 Å². The topological polar surface area (TPSA) is 89.4 Å². The molecular formula is C33H26Cl3N7S2. The molecule has 7 aromatic rings. The van der Waals surface area contributed by atoms with Crippen molar-refractivity contribution < 1.29 is 0 Å². The summed E-state index contributed by atoms with van der Waals surface area (Å²) in [6.07, 6.45) is 6.98. The molecule has 0 aliphatic carbocycles. The monoisotopic (exact) mass is 689 g/mol. The predicted octanol–water partition coefficient (Wildman–Crippen LogP) is 10.3.